The summed E-state index contributed by atoms with van der Waals surface area (Å²) in [6.45, 7) is 3.12. The third-order valence-electron chi connectivity index (χ3n) is 6.10. The fourth-order valence-corrected chi connectivity index (χ4v) is 5.08. The molecule has 0 saturated carbocycles. The second-order valence-electron chi connectivity index (χ2n) is 8.94. The van der Waals surface area contributed by atoms with Crippen molar-refractivity contribution in [3.8, 4) is 11.5 Å². The lowest BCUT2D eigenvalue weighted by molar-refractivity contribution is -0.127. The van der Waals surface area contributed by atoms with Gasteiger partial charge in [0.2, 0.25) is 5.91 Å². The molecule has 0 bridgehead atoms. The maximum atomic E-state index is 12.9. The Labute approximate surface area is 254 Å². The molecular formula is C29H25BrClN3O6S. The summed E-state index contributed by atoms with van der Waals surface area (Å²) in [5.41, 5.74) is 3.63. The third kappa shape index (κ3) is 7.49. The lowest BCUT2D eigenvalue weighted by Gasteiger charge is -2.14. The Bertz CT molecular complexity index is 1580. The van der Waals surface area contributed by atoms with E-state index in [0.717, 1.165) is 27.8 Å². The maximum absolute atomic E-state index is 12.9. The number of anilines is 2. The Hall–Kier alpha value is -3.80. The first-order valence-corrected chi connectivity index (χ1v) is 14.2. The Kier molecular flexibility index (Phi) is 9.74. The molecule has 1 heterocycles. The summed E-state index contributed by atoms with van der Waals surface area (Å²) in [6, 6.07) is 15.4. The van der Waals surface area contributed by atoms with Crippen molar-refractivity contribution in [2.45, 2.75) is 13.8 Å². The summed E-state index contributed by atoms with van der Waals surface area (Å²) in [5, 5.41) is 5.38. The van der Waals surface area contributed by atoms with E-state index in [1.165, 1.54) is 13.2 Å². The fraction of sp³-hybridized carbons (Fsp3) is 0.172. The molecule has 12 heteroatoms. The maximum Gasteiger partial charge on any atom is 0.294 e. The fourth-order valence-electron chi connectivity index (χ4n) is 3.81. The van der Waals surface area contributed by atoms with Gasteiger partial charge in [-0.15, -0.1) is 0 Å². The highest BCUT2D eigenvalue weighted by Crippen LogP contribution is 2.35. The summed E-state index contributed by atoms with van der Waals surface area (Å²) in [7, 11) is 1.44. The van der Waals surface area contributed by atoms with Gasteiger partial charge in [-0.2, -0.15) is 0 Å². The number of ether oxygens (including phenoxy) is 2. The largest absolute Gasteiger partial charge is 0.493 e. The lowest BCUT2D eigenvalue weighted by Crippen LogP contribution is -2.36. The van der Waals surface area contributed by atoms with E-state index in [4.69, 9.17) is 21.1 Å². The molecule has 2 N–H and O–H groups in total. The molecule has 0 atom stereocenters. The average molecular weight is 659 g/mol. The van der Waals surface area contributed by atoms with E-state index in [0.29, 0.717) is 37.9 Å². The zero-order valence-electron chi connectivity index (χ0n) is 22.2. The van der Waals surface area contributed by atoms with Gasteiger partial charge in [-0.1, -0.05) is 29.8 Å². The van der Waals surface area contributed by atoms with E-state index < -0.39 is 29.5 Å². The summed E-state index contributed by atoms with van der Waals surface area (Å²) in [5.74, 6) is -0.808. The molecular weight excluding hydrogens is 634 g/mol. The van der Waals surface area contributed by atoms with Gasteiger partial charge in [0.05, 0.1) is 17.0 Å². The van der Waals surface area contributed by atoms with Crippen LogP contribution in [0.15, 0.2) is 64.0 Å². The predicted molar refractivity (Wildman–Crippen MR) is 163 cm³/mol. The van der Waals surface area contributed by atoms with Gasteiger partial charge in [-0.25, -0.2) is 0 Å². The van der Waals surface area contributed by atoms with Crippen molar-refractivity contribution in [2.24, 2.45) is 0 Å². The molecule has 0 radical (unpaired) electrons. The minimum absolute atomic E-state index is 0.165. The number of hydrogen-bond acceptors (Lipinski definition) is 7. The first-order chi connectivity index (χ1) is 19.5. The van der Waals surface area contributed by atoms with E-state index in [9.17, 15) is 19.2 Å². The number of methoxy groups -OCH3 is 1. The normalized spacial score (nSPS) is 13.9. The number of nitrogens with zero attached hydrogens (tertiary/aromatic N) is 1. The third-order valence-corrected chi connectivity index (χ3v) is 8.24. The Morgan fingerprint density at radius 3 is 2.54 bits per heavy atom. The highest BCUT2D eigenvalue weighted by atomic mass is 79.9. The number of aryl methyl sites for hydroxylation is 1. The van der Waals surface area contributed by atoms with Crippen molar-refractivity contribution in [2.75, 3.05) is 30.9 Å². The predicted octanol–water partition coefficient (Wildman–Crippen LogP) is 6.42. The standard InChI is InChI=1S/C29H25BrClN3O6S/c1-16-5-4-6-22(17(16)2)33-26(35)14-34-28(37)25(41-29(34)38)12-18-7-10-23(24(11-18)39-3)40-15-27(36)32-19-8-9-20(30)21(31)13-19/h4-13H,14-15H2,1-3H3,(H,32,36)(H,33,35)/b25-12+. The first-order valence-electron chi connectivity index (χ1n) is 12.2. The summed E-state index contributed by atoms with van der Waals surface area (Å²) >= 11 is 10.1. The minimum Gasteiger partial charge on any atom is -0.493 e. The first kappa shape index (κ1) is 30.2. The van der Waals surface area contributed by atoms with Gasteiger partial charge in [0.15, 0.2) is 18.1 Å². The second kappa shape index (κ2) is 13.2. The van der Waals surface area contributed by atoms with Crippen LogP contribution in [0.2, 0.25) is 5.02 Å². The van der Waals surface area contributed by atoms with Crippen molar-refractivity contribution in [3.63, 3.8) is 0 Å². The minimum atomic E-state index is -0.569. The molecule has 1 fully saturated rings. The Morgan fingerprint density at radius 2 is 1.80 bits per heavy atom. The van der Waals surface area contributed by atoms with Gasteiger partial charge in [-0.3, -0.25) is 24.1 Å². The molecule has 0 aromatic heterocycles. The number of hydrogen-bond donors (Lipinski definition) is 2. The molecule has 1 aliphatic rings. The van der Waals surface area contributed by atoms with E-state index in [2.05, 4.69) is 26.6 Å². The van der Waals surface area contributed by atoms with E-state index in [-0.39, 0.29) is 11.5 Å². The number of nitrogens with one attached hydrogen (secondary N) is 2. The molecule has 4 rings (SSSR count). The number of halogens is 2. The number of amides is 4. The average Bonchev–Trinajstić information content (AvgIpc) is 3.19. The quantitative estimate of drug-likeness (QED) is 0.255. The number of benzene rings is 3. The van der Waals surface area contributed by atoms with Crippen molar-refractivity contribution in [1.82, 2.24) is 4.90 Å². The van der Waals surface area contributed by atoms with Crippen LogP contribution in [-0.4, -0.2) is 48.1 Å². The van der Waals surface area contributed by atoms with Crippen molar-refractivity contribution in [1.29, 1.82) is 0 Å². The van der Waals surface area contributed by atoms with Gasteiger partial charge in [-0.05, 0) is 101 Å². The molecule has 0 unspecified atom stereocenters. The smallest absolute Gasteiger partial charge is 0.294 e. The van der Waals surface area contributed by atoms with Crippen LogP contribution in [0.4, 0.5) is 16.2 Å². The molecule has 41 heavy (non-hydrogen) atoms. The van der Waals surface area contributed by atoms with E-state index in [1.54, 1.807) is 42.5 Å². The molecule has 1 saturated heterocycles. The molecule has 0 aliphatic carbocycles. The highest BCUT2D eigenvalue weighted by molar-refractivity contribution is 9.10. The number of imide groups is 1. The van der Waals surface area contributed by atoms with Crippen LogP contribution in [0, 0.1) is 13.8 Å². The topological polar surface area (TPSA) is 114 Å². The zero-order valence-corrected chi connectivity index (χ0v) is 25.4. The van der Waals surface area contributed by atoms with Crippen molar-refractivity contribution in [3.05, 3.63) is 85.7 Å². The Balaban J connectivity index is 1.38. The SMILES string of the molecule is COc1cc(/C=C2/SC(=O)N(CC(=O)Nc3cccc(C)c3C)C2=O)ccc1OCC(=O)Nc1ccc(Br)c(Cl)c1. The van der Waals surface area contributed by atoms with Gasteiger partial charge in [0.25, 0.3) is 17.1 Å². The molecule has 3 aromatic rings. The zero-order chi connectivity index (χ0) is 29.7. The van der Waals surface area contributed by atoms with E-state index >= 15 is 0 Å². The highest BCUT2D eigenvalue weighted by Gasteiger charge is 2.36. The number of carbonyl (C=O) groups is 4. The van der Waals surface area contributed by atoms with Crippen LogP contribution in [0.3, 0.4) is 0 Å². The lowest BCUT2D eigenvalue weighted by atomic mass is 10.1. The summed E-state index contributed by atoms with van der Waals surface area (Å²) in [6.07, 6.45) is 1.53. The van der Waals surface area contributed by atoms with Crippen LogP contribution >= 0.6 is 39.3 Å². The Morgan fingerprint density at radius 1 is 1.02 bits per heavy atom. The molecule has 212 valence electrons. The van der Waals surface area contributed by atoms with Crippen LogP contribution in [0.25, 0.3) is 6.08 Å². The van der Waals surface area contributed by atoms with Crippen LogP contribution in [0.1, 0.15) is 16.7 Å². The van der Waals surface area contributed by atoms with Gasteiger partial charge in [0.1, 0.15) is 6.54 Å². The van der Waals surface area contributed by atoms with Crippen LogP contribution in [0.5, 0.6) is 11.5 Å². The summed E-state index contributed by atoms with van der Waals surface area (Å²) < 4.78 is 11.7. The van der Waals surface area contributed by atoms with Gasteiger partial charge in [0, 0.05) is 15.8 Å². The van der Waals surface area contributed by atoms with Crippen molar-refractivity contribution >= 4 is 79.7 Å². The molecule has 1 aliphatic heterocycles. The number of rotatable bonds is 9. The monoisotopic (exact) mass is 657 g/mol. The van der Waals surface area contributed by atoms with Gasteiger partial charge < -0.3 is 20.1 Å². The van der Waals surface area contributed by atoms with Crippen LogP contribution in [-0.2, 0) is 14.4 Å². The molecule has 4 amide bonds. The van der Waals surface area contributed by atoms with Crippen LogP contribution < -0.4 is 20.1 Å². The number of carbonyl (C=O) groups excluding carboxylic acids is 4. The van der Waals surface area contributed by atoms with E-state index in [1.807, 2.05) is 26.0 Å². The second-order valence-corrected chi connectivity index (χ2v) is 11.2. The molecule has 0 spiro atoms. The summed E-state index contributed by atoms with van der Waals surface area (Å²) in [4.78, 5) is 51.5. The van der Waals surface area contributed by atoms with Gasteiger partial charge >= 0.3 is 0 Å². The number of thioether (sulfide) groups is 1. The molecule has 9 nitrogen and oxygen atoms in total. The van der Waals surface area contributed by atoms with Crippen molar-refractivity contribution < 1.29 is 28.7 Å². The molecule has 3 aromatic carbocycles.